The zero-order valence-electron chi connectivity index (χ0n) is 14.8. The number of aliphatic imine (C=N–C) groups is 1. The van der Waals surface area contributed by atoms with Gasteiger partial charge in [-0.2, -0.15) is 0 Å². The van der Waals surface area contributed by atoms with Gasteiger partial charge in [-0.3, -0.25) is 9.79 Å². The van der Waals surface area contributed by atoms with Crippen molar-refractivity contribution in [1.82, 2.24) is 15.6 Å². The first kappa shape index (κ1) is 21.8. The molecule has 0 aliphatic carbocycles. The predicted molar refractivity (Wildman–Crippen MR) is 112 cm³/mol. The number of carbonyl (C=O) groups excluding carboxylic acids is 1. The third-order valence-electron chi connectivity index (χ3n) is 3.42. The lowest BCUT2D eigenvalue weighted by atomic mass is 10.2. The molecule has 0 radical (unpaired) electrons. The number of anilines is 1. The van der Waals surface area contributed by atoms with Crippen molar-refractivity contribution in [2.75, 3.05) is 18.9 Å². The molecular weight excluding hydrogens is 448 g/mol. The van der Waals surface area contributed by atoms with Crippen molar-refractivity contribution in [3.8, 4) is 0 Å². The molecule has 2 aromatic rings. The molecule has 0 fully saturated rings. The smallest absolute Gasteiger partial charge is 0.227 e. The van der Waals surface area contributed by atoms with Crippen molar-refractivity contribution in [1.29, 1.82) is 0 Å². The maximum Gasteiger partial charge on any atom is 0.227 e. The summed E-state index contributed by atoms with van der Waals surface area (Å²) in [5.41, 5.74) is 1.98. The van der Waals surface area contributed by atoms with Gasteiger partial charge in [0.2, 0.25) is 5.91 Å². The van der Waals surface area contributed by atoms with Gasteiger partial charge in [0.25, 0.3) is 0 Å². The summed E-state index contributed by atoms with van der Waals surface area (Å²) in [6.45, 7) is 2.88. The fourth-order valence-electron chi connectivity index (χ4n) is 2.05. The minimum atomic E-state index is -0.264. The van der Waals surface area contributed by atoms with Gasteiger partial charge in [-0.15, -0.1) is 24.0 Å². The molecule has 0 aliphatic heterocycles. The lowest BCUT2D eigenvalue weighted by Crippen LogP contribution is -2.38. The van der Waals surface area contributed by atoms with Gasteiger partial charge >= 0.3 is 0 Å². The van der Waals surface area contributed by atoms with Crippen LogP contribution >= 0.6 is 24.0 Å². The molecule has 0 atom stereocenters. The van der Waals surface area contributed by atoms with Gasteiger partial charge in [-0.1, -0.05) is 18.2 Å². The van der Waals surface area contributed by atoms with Crippen LogP contribution in [0, 0.1) is 12.7 Å². The van der Waals surface area contributed by atoms with E-state index < -0.39 is 0 Å². The number of hydrogen-bond acceptors (Lipinski definition) is 3. The predicted octanol–water partition coefficient (Wildman–Crippen LogP) is 2.84. The Hall–Kier alpha value is -2.23. The average molecular weight is 471 g/mol. The number of rotatable bonds is 6. The number of aryl methyl sites for hydroxylation is 1. The van der Waals surface area contributed by atoms with Crippen LogP contribution in [0.3, 0.4) is 0 Å². The Morgan fingerprint density at radius 3 is 2.50 bits per heavy atom. The number of carbonyl (C=O) groups is 1. The molecule has 1 amide bonds. The molecule has 0 unspecified atom stereocenters. The van der Waals surface area contributed by atoms with Gasteiger partial charge in [-0.25, -0.2) is 9.37 Å². The van der Waals surface area contributed by atoms with E-state index >= 15 is 0 Å². The van der Waals surface area contributed by atoms with E-state index in [1.165, 1.54) is 12.1 Å². The van der Waals surface area contributed by atoms with Crippen LogP contribution < -0.4 is 16.0 Å². The molecule has 1 heterocycles. The highest BCUT2D eigenvalue weighted by molar-refractivity contribution is 14.0. The summed E-state index contributed by atoms with van der Waals surface area (Å²) in [4.78, 5) is 20.1. The SMILES string of the molecule is CN=C(NCCC(=O)Nc1ccc(C)cn1)NCc1ccc(F)cc1.I. The molecule has 0 saturated heterocycles. The van der Waals surface area contributed by atoms with E-state index in [2.05, 4.69) is 25.9 Å². The standard InChI is InChI=1S/C18H22FN5O.HI/c1-13-3-8-16(22-11-13)24-17(25)9-10-21-18(20-2)23-12-14-4-6-15(19)7-5-14;/h3-8,11H,9-10,12H2,1-2H3,(H2,20,21,23)(H,22,24,25);1H. The summed E-state index contributed by atoms with van der Waals surface area (Å²) in [6.07, 6.45) is 1.99. The van der Waals surface area contributed by atoms with E-state index in [4.69, 9.17) is 0 Å². The summed E-state index contributed by atoms with van der Waals surface area (Å²) in [7, 11) is 1.65. The minimum Gasteiger partial charge on any atom is -0.356 e. The van der Waals surface area contributed by atoms with E-state index in [9.17, 15) is 9.18 Å². The highest BCUT2D eigenvalue weighted by atomic mass is 127. The number of benzene rings is 1. The number of hydrogen-bond donors (Lipinski definition) is 3. The number of nitrogens with zero attached hydrogens (tertiary/aromatic N) is 2. The molecule has 8 heteroatoms. The van der Waals surface area contributed by atoms with Crippen LogP contribution in [0.15, 0.2) is 47.6 Å². The number of halogens is 2. The van der Waals surface area contributed by atoms with Gasteiger partial charge in [0.15, 0.2) is 5.96 Å². The molecule has 2 rings (SSSR count). The largest absolute Gasteiger partial charge is 0.356 e. The van der Waals surface area contributed by atoms with E-state index in [-0.39, 0.29) is 42.1 Å². The van der Waals surface area contributed by atoms with Crippen molar-refractivity contribution in [2.24, 2.45) is 4.99 Å². The maximum absolute atomic E-state index is 12.9. The Bertz CT molecular complexity index is 719. The lowest BCUT2D eigenvalue weighted by molar-refractivity contribution is -0.116. The molecule has 6 nitrogen and oxygen atoms in total. The summed E-state index contributed by atoms with van der Waals surface area (Å²) >= 11 is 0. The molecule has 0 aliphatic rings. The summed E-state index contributed by atoms with van der Waals surface area (Å²) in [5, 5.41) is 8.91. The molecular formula is C18H23FIN5O. The van der Waals surface area contributed by atoms with Gasteiger partial charge in [0.05, 0.1) is 0 Å². The van der Waals surface area contributed by atoms with Gasteiger partial charge in [0, 0.05) is 32.8 Å². The van der Waals surface area contributed by atoms with E-state index in [1.54, 1.807) is 31.4 Å². The number of amides is 1. The molecule has 0 saturated carbocycles. The van der Waals surface area contributed by atoms with Gasteiger partial charge in [-0.05, 0) is 36.2 Å². The fraction of sp³-hybridized carbons (Fsp3) is 0.278. The van der Waals surface area contributed by atoms with Crippen LogP contribution in [0.25, 0.3) is 0 Å². The zero-order chi connectivity index (χ0) is 18.1. The van der Waals surface area contributed by atoms with Crippen molar-refractivity contribution in [2.45, 2.75) is 19.9 Å². The number of nitrogens with one attached hydrogen (secondary N) is 3. The highest BCUT2D eigenvalue weighted by Gasteiger charge is 2.04. The van der Waals surface area contributed by atoms with Crippen molar-refractivity contribution in [3.05, 3.63) is 59.5 Å². The van der Waals surface area contributed by atoms with Crippen LogP contribution in [0.1, 0.15) is 17.5 Å². The van der Waals surface area contributed by atoms with Crippen molar-refractivity contribution >= 4 is 41.7 Å². The fourth-order valence-corrected chi connectivity index (χ4v) is 2.05. The first-order valence-corrected chi connectivity index (χ1v) is 7.98. The maximum atomic E-state index is 12.9. The van der Waals surface area contributed by atoms with Gasteiger partial charge < -0.3 is 16.0 Å². The Balaban J connectivity index is 0.00000338. The quantitative estimate of drug-likeness (QED) is 0.344. The molecule has 0 spiro atoms. The number of aromatic nitrogens is 1. The second-order valence-corrected chi connectivity index (χ2v) is 5.50. The van der Waals surface area contributed by atoms with Crippen LogP contribution in [0.5, 0.6) is 0 Å². The van der Waals surface area contributed by atoms with Crippen molar-refractivity contribution < 1.29 is 9.18 Å². The highest BCUT2D eigenvalue weighted by Crippen LogP contribution is 2.04. The zero-order valence-corrected chi connectivity index (χ0v) is 17.1. The molecule has 3 N–H and O–H groups in total. The lowest BCUT2D eigenvalue weighted by Gasteiger charge is -2.12. The second kappa shape index (κ2) is 11.4. The number of guanidine groups is 1. The molecule has 0 bridgehead atoms. The van der Waals surface area contributed by atoms with Crippen LogP contribution in [0.2, 0.25) is 0 Å². The molecule has 1 aromatic heterocycles. The first-order chi connectivity index (χ1) is 12.1. The molecule has 140 valence electrons. The normalized spacial score (nSPS) is 10.7. The first-order valence-electron chi connectivity index (χ1n) is 7.98. The third-order valence-corrected chi connectivity index (χ3v) is 3.42. The monoisotopic (exact) mass is 471 g/mol. The van der Waals surface area contributed by atoms with E-state index in [0.29, 0.717) is 24.9 Å². The summed E-state index contributed by atoms with van der Waals surface area (Å²) in [5.74, 6) is 0.721. The summed E-state index contributed by atoms with van der Waals surface area (Å²) < 4.78 is 12.9. The Kier molecular flexibility index (Phi) is 9.56. The van der Waals surface area contributed by atoms with Crippen LogP contribution in [-0.4, -0.2) is 30.4 Å². The Labute approximate surface area is 169 Å². The van der Waals surface area contributed by atoms with Crippen LogP contribution in [0.4, 0.5) is 10.2 Å². The third kappa shape index (κ3) is 7.77. The second-order valence-electron chi connectivity index (χ2n) is 5.50. The average Bonchev–Trinajstić information content (AvgIpc) is 2.61. The van der Waals surface area contributed by atoms with Gasteiger partial charge in [0.1, 0.15) is 11.6 Å². The summed E-state index contributed by atoms with van der Waals surface area (Å²) in [6, 6.07) is 9.90. The molecule has 26 heavy (non-hydrogen) atoms. The topological polar surface area (TPSA) is 78.4 Å². The Morgan fingerprint density at radius 1 is 1.15 bits per heavy atom. The van der Waals surface area contributed by atoms with E-state index in [1.807, 2.05) is 13.0 Å². The number of pyridine rings is 1. The van der Waals surface area contributed by atoms with Crippen LogP contribution in [-0.2, 0) is 11.3 Å². The Morgan fingerprint density at radius 2 is 1.88 bits per heavy atom. The minimum absolute atomic E-state index is 0. The van der Waals surface area contributed by atoms with Crippen molar-refractivity contribution in [3.63, 3.8) is 0 Å². The molecule has 1 aromatic carbocycles. The van der Waals surface area contributed by atoms with E-state index in [0.717, 1.165) is 11.1 Å².